The minimum Gasteiger partial charge on any atom is -0.497 e. The lowest BCUT2D eigenvalue weighted by atomic mass is 9.86. The predicted molar refractivity (Wildman–Crippen MR) is 73.7 cm³/mol. The summed E-state index contributed by atoms with van der Waals surface area (Å²) in [6.07, 6.45) is 0.438. The molecular formula is C14H18O5S. The van der Waals surface area contributed by atoms with Crippen LogP contribution in [0.2, 0.25) is 0 Å². The number of hydrogen-bond donors (Lipinski definition) is 1. The fraction of sp³-hybridized carbons (Fsp3) is 0.500. The third-order valence-electron chi connectivity index (χ3n) is 3.78. The lowest BCUT2D eigenvalue weighted by molar-refractivity contribution is -0.147. The van der Waals surface area contributed by atoms with Crippen LogP contribution in [0.4, 0.5) is 0 Å². The van der Waals surface area contributed by atoms with Gasteiger partial charge >= 0.3 is 5.97 Å². The Morgan fingerprint density at radius 2 is 2.10 bits per heavy atom. The first-order valence-electron chi connectivity index (χ1n) is 6.32. The van der Waals surface area contributed by atoms with Gasteiger partial charge in [0.15, 0.2) is 9.84 Å². The minimum absolute atomic E-state index is 0.0989. The monoisotopic (exact) mass is 298 g/mol. The normalized spacial score (nSPS) is 20.4. The molecule has 1 aliphatic rings. The van der Waals surface area contributed by atoms with Gasteiger partial charge in [0, 0.05) is 0 Å². The zero-order chi connectivity index (χ0) is 15.1. The summed E-state index contributed by atoms with van der Waals surface area (Å²) >= 11 is 0. The molecule has 0 fully saturated rings. The summed E-state index contributed by atoms with van der Waals surface area (Å²) in [5, 5.41) is 8.47. The molecule has 0 saturated carbocycles. The van der Waals surface area contributed by atoms with Gasteiger partial charge in [0.05, 0.1) is 22.7 Å². The molecule has 0 saturated heterocycles. The molecule has 0 aliphatic carbocycles. The molecule has 1 aromatic carbocycles. The number of carboxylic acids is 1. The van der Waals surface area contributed by atoms with E-state index in [0.29, 0.717) is 22.6 Å². The molecule has 20 heavy (non-hydrogen) atoms. The fourth-order valence-corrected chi connectivity index (χ4v) is 4.65. The van der Waals surface area contributed by atoms with Crippen molar-refractivity contribution in [2.24, 2.45) is 5.41 Å². The Labute approximate surface area is 118 Å². The van der Waals surface area contributed by atoms with Crippen molar-refractivity contribution in [1.82, 2.24) is 0 Å². The number of carbonyl (C=O) groups is 1. The van der Waals surface area contributed by atoms with Crippen LogP contribution in [-0.2, 0) is 21.1 Å². The Balaban J connectivity index is 2.35. The van der Waals surface area contributed by atoms with E-state index in [2.05, 4.69) is 0 Å². The summed E-state index contributed by atoms with van der Waals surface area (Å²) in [6, 6.07) is 4.86. The van der Waals surface area contributed by atoms with Crippen LogP contribution in [0, 0.1) is 5.41 Å². The van der Waals surface area contributed by atoms with Crippen molar-refractivity contribution in [3.8, 4) is 5.75 Å². The molecule has 1 N–H and O–H groups in total. The molecule has 1 aliphatic heterocycles. The van der Waals surface area contributed by atoms with Gasteiger partial charge in [-0.2, -0.15) is 0 Å². The van der Waals surface area contributed by atoms with Crippen LogP contribution >= 0.6 is 0 Å². The van der Waals surface area contributed by atoms with Crippen LogP contribution in [0.5, 0.6) is 5.75 Å². The van der Waals surface area contributed by atoms with E-state index in [1.165, 1.54) is 13.2 Å². The standard InChI is InChI=1S/C14H18O5S/c1-14(2,13(15)16)8-11-7-9-6-10(19-3)4-5-12(9)20(11,17)18/h4-6,11H,7-8H2,1-3H3,(H,15,16). The van der Waals surface area contributed by atoms with E-state index in [-0.39, 0.29) is 6.42 Å². The van der Waals surface area contributed by atoms with Gasteiger partial charge in [0.25, 0.3) is 0 Å². The average molecular weight is 298 g/mol. The Morgan fingerprint density at radius 3 is 2.65 bits per heavy atom. The maximum atomic E-state index is 12.5. The molecule has 0 amide bonds. The minimum atomic E-state index is -3.46. The number of sulfone groups is 1. The quantitative estimate of drug-likeness (QED) is 0.918. The Morgan fingerprint density at radius 1 is 1.45 bits per heavy atom. The zero-order valence-electron chi connectivity index (χ0n) is 11.7. The van der Waals surface area contributed by atoms with Crippen molar-refractivity contribution in [3.63, 3.8) is 0 Å². The highest BCUT2D eigenvalue weighted by molar-refractivity contribution is 7.92. The Bertz CT molecular complexity index is 646. The second kappa shape index (κ2) is 4.77. The van der Waals surface area contributed by atoms with Crippen molar-refractivity contribution in [1.29, 1.82) is 0 Å². The maximum absolute atomic E-state index is 12.5. The molecule has 5 nitrogen and oxygen atoms in total. The highest BCUT2D eigenvalue weighted by atomic mass is 32.2. The van der Waals surface area contributed by atoms with Crippen LogP contribution in [0.15, 0.2) is 23.1 Å². The summed E-state index contributed by atoms with van der Waals surface area (Å²) in [5.74, 6) is -0.377. The molecule has 0 spiro atoms. The third-order valence-corrected chi connectivity index (χ3v) is 6.00. The summed E-state index contributed by atoms with van der Waals surface area (Å²) in [6.45, 7) is 3.10. The first-order chi connectivity index (χ1) is 9.18. The molecule has 110 valence electrons. The van der Waals surface area contributed by atoms with Gasteiger partial charge in [-0.25, -0.2) is 8.42 Å². The van der Waals surface area contributed by atoms with Crippen molar-refractivity contribution >= 4 is 15.8 Å². The Kier molecular flexibility index (Phi) is 3.54. The number of carboxylic acid groups (broad SMARTS) is 1. The van der Waals surface area contributed by atoms with E-state index in [4.69, 9.17) is 9.84 Å². The van der Waals surface area contributed by atoms with Gasteiger partial charge in [-0.15, -0.1) is 0 Å². The number of ether oxygens (including phenoxy) is 1. The predicted octanol–water partition coefficient (Wildman–Crippen LogP) is 1.89. The topological polar surface area (TPSA) is 80.7 Å². The van der Waals surface area contributed by atoms with Gasteiger partial charge in [-0.1, -0.05) is 0 Å². The number of hydrogen-bond acceptors (Lipinski definition) is 4. The summed E-state index contributed by atoms with van der Waals surface area (Å²) in [4.78, 5) is 11.5. The third kappa shape index (κ3) is 2.40. The van der Waals surface area contributed by atoms with Gasteiger partial charge in [0.1, 0.15) is 5.75 Å². The largest absolute Gasteiger partial charge is 0.497 e. The van der Waals surface area contributed by atoms with Gasteiger partial charge in [-0.05, 0) is 50.5 Å². The summed E-state index contributed by atoms with van der Waals surface area (Å²) in [5.41, 5.74) is -0.361. The molecule has 1 aromatic rings. The Hall–Kier alpha value is -1.56. The molecule has 0 aromatic heterocycles. The van der Waals surface area contributed by atoms with Crippen molar-refractivity contribution in [3.05, 3.63) is 23.8 Å². The molecular weight excluding hydrogens is 280 g/mol. The van der Waals surface area contributed by atoms with E-state index in [1.54, 1.807) is 26.0 Å². The highest BCUT2D eigenvalue weighted by Gasteiger charge is 2.42. The first kappa shape index (κ1) is 14.8. The number of benzene rings is 1. The van der Waals surface area contributed by atoms with E-state index in [1.807, 2.05) is 0 Å². The summed E-state index contributed by atoms with van der Waals surface area (Å²) in [7, 11) is -1.93. The molecule has 1 atom stereocenters. The van der Waals surface area contributed by atoms with E-state index in [9.17, 15) is 13.2 Å². The van der Waals surface area contributed by atoms with Crippen LogP contribution in [0.25, 0.3) is 0 Å². The number of methoxy groups -OCH3 is 1. The molecule has 2 rings (SSSR count). The van der Waals surface area contributed by atoms with E-state index < -0.39 is 26.5 Å². The maximum Gasteiger partial charge on any atom is 0.309 e. The number of fused-ring (bicyclic) bond motifs is 1. The van der Waals surface area contributed by atoms with Crippen LogP contribution in [0.1, 0.15) is 25.8 Å². The highest BCUT2D eigenvalue weighted by Crippen LogP contribution is 2.38. The van der Waals surface area contributed by atoms with Crippen molar-refractivity contribution in [2.45, 2.75) is 36.8 Å². The van der Waals surface area contributed by atoms with Gasteiger partial charge in [0.2, 0.25) is 0 Å². The lowest BCUT2D eigenvalue weighted by Crippen LogP contribution is -2.31. The van der Waals surface area contributed by atoms with Crippen molar-refractivity contribution < 1.29 is 23.1 Å². The molecule has 0 radical (unpaired) electrons. The second-order valence-corrected chi connectivity index (χ2v) is 7.93. The van der Waals surface area contributed by atoms with Crippen LogP contribution < -0.4 is 4.74 Å². The van der Waals surface area contributed by atoms with Crippen LogP contribution in [0.3, 0.4) is 0 Å². The van der Waals surface area contributed by atoms with E-state index in [0.717, 1.165) is 0 Å². The zero-order valence-corrected chi connectivity index (χ0v) is 12.5. The second-order valence-electron chi connectivity index (χ2n) is 5.74. The number of aliphatic carboxylic acids is 1. The molecule has 1 unspecified atom stereocenters. The summed E-state index contributed by atoms with van der Waals surface area (Å²) < 4.78 is 30.0. The SMILES string of the molecule is COc1ccc2c(c1)CC(CC(C)(C)C(=O)O)S2(=O)=O. The molecule has 6 heteroatoms. The van der Waals surface area contributed by atoms with Crippen LogP contribution in [-0.4, -0.2) is 31.9 Å². The first-order valence-corrected chi connectivity index (χ1v) is 7.87. The van der Waals surface area contributed by atoms with Gasteiger partial charge in [-0.3, -0.25) is 4.79 Å². The smallest absolute Gasteiger partial charge is 0.309 e. The van der Waals surface area contributed by atoms with E-state index >= 15 is 0 Å². The lowest BCUT2D eigenvalue weighted by Gasteiger charge is -2.22. The molecule has 0 bridgehead atoms. The van der Waals surface area contributed by atoms with Gasteiger partial charge < -0.3 is 9.84 Å². The fourth-order valence-electron chi connectivity index (χ4n) is 2.49. The van der Waals surface area contributed by atoms with Crippen molar-refractivity contribution in [2.75, 3.05) is 7.11 Å². The number of rotatable bonds is 4. The molecule has 1 heterocycles. The average Bonchev–Trinajstić information content (AvgIpc) is 2.60.